The van der Waals surface area contributed by atoms with Gasteiger partial charge in [0.15, 0.2) is 0 Å². The maximum Gasteiger partial charge on any atom is 0.231 e. The second kappa shape index (κ2) is 11.9. The van der Waals surface area contributed by atoms with Gasteiger partial charge in [-0.15, -0.1) is 0 Å². The monoisotopic (exact) mass is 397 g/mol. The van der Waals surface area contributed by atoms with E-state index in [0.717, 1.165) is 25.9 Å². The van der Waals surface area contributed by atoms with E-state index in [4.69, 9.17) is 15.2 Å². The van der Waals surface area contributed by atoms with Crippen molar-refractivity contribution >= 4 is 17.8 Å². The van der Waals surface area contributed by atoms with Gasteiger partial charge in [0.05, 0.1) is 38.6 Å². The zero-order valence-corrected chi connectivity index (χ0v) is 17.1. The lowest BCUT2D eigenvalue weighted by molar-refractivity contribution is 0.0547. The van der Waals surface area contributed by atoms with Crippen LogP contribution in [0.15, 0.2) is 0 Å². The van der Waals surface area contributed by atoms with E-state index in [1.54, 1.807) is 0 Å². The summed E-state index contributed by atoms with van der Waals surface area (Å²) in [6, 6.07) is 0. The van der Waals surface area contributed by atoms with Crippen LogP contribution in [-0.2, 0) is 9.47 Å². The van der Waals surface area contributed by atoms with Crippen LogP contribution in [0.2, 0.25) is 0 Å². The molecule has 0 spiro atoms. The number of aliphatic hydroxyl groups is 1. The van der Waals surface area contributed by atoms with E-state index in [9.17, 15) is 5.11 Å². The van der Waals surface area contributed by atoms with Crippen LogP contribution in [0.5, 0.6) is 0 Å². The van der Waals surface area contributed by atoms with Crippen molar-refractivity contribution in [3.63, 3.8) is 0 Å². The molecule has 10 heteroatoms. The average molecular weight is 398 g/mol. The molecule has 28 heavy (non-hydrogen) atoms. The van der Waals surface area contributed by atoms with Crippen molar-refractivity contribution in [1.82, 2.24) is 15.0 Å². The Hall–Kier alpha value is -1.75. The van der Waals surface area contributed by atoms with Crippen LogP contribution >= 0.6 is 0 Å². The van der Waals surface area contributed by atoms with Gasteiger partial charge in [-0.05, 0) is 33.1 Å². The predicted octanol–water partition coefficient (Wildman–Crippen LogP) is 0.449. The van der Waals surface area contributed by atoms with Crippen molar-refractivity contribution in [2.45, 2.75) is 38.6 Å². The Balaban J connectivity index is 1.93. The number of aromatic nitrogens is 3. The van der Waals surface area contributed by atoms with Crippen molar-refractivity contribution in [3.05, 3.63) is 0 Å². The minimum absolute atomic E-state index is 0.0272. The highest BCUT2D eigenvalue weighted by atomic mass is 16.5. The first-order chi connectivity index (χ1) is 13.5. The Labute approximate surface area is 167 Å². The third-order valence-corrected chi connectivity index (χ3v) is 4.27. The third kappa shape index (κ3) is 8.09. The van der Waals surface area contributed by atoms with Gasteiger partial charge in [-0.2, -0.15) is 15.0 Å². The molecule has 0 unspecified atom stereocenters. The van der Waals surface area contributed by atoms with Crippen molar-refractivity contribution in [1.29, 1.82) is 0 Å². The summed E-state index contributed by atoms with van der Waals surface area (Å²) in [4.78, 5) is 15.7. The maximum atomic E-state index is 9.53. The lowest BCUT2D eigenvalue weighted by Gasteiger charge is -2.28. The highest BCUT2D eigenvalue weighted by molar-refractivity contribution is 5.45. The number of hydrogen-bond donors (Lipinski definition) is 4. The number of hydrogen-bond acceptors (Lipinski definition) is 10. The van der Waals surface area contributed by atoms with Gasteiger partial charge in [-0.3, -0.25) is 0 Å². The van der Waals surface area contributed by atoms with E-state index in [2.05, 4.69) is 30.5 Å². The van der Waals surface area contributed by atoms with Gasteiger partial charge in [0, 0.05) is 26.2 Å². The summed E-state index contributed by atoms with van der Waals surface area (Å²) in [6.45, 7) is 8.86. The van der Waals surface area contributed by atoms with Gasteiger partial charge in [0.2, 0.25) is 17.8 Å². The van der Waals surface area contributed by atoms with Gasteiger partial charge in [0.1, 0.15) is 0 Å². The molecule has 1 saturated heterocycles. The lowest BCUT2D eigenvalue weighted by Crippen LogP contribution is -2.37. The molecule has 0 aliphatic carbocycles. The molecule has 5 N–H and O–H groups in total. The smallest absolute Gasteiger partial charge is 0.231 e. The molecule has 10 nitrogen and oxygen atoms in total. The first-order valence-corrected chi connectivity index (χ1v) is 10.0. The Bertz CT molecular complexity index is 568. The SMILES string of the molecule is CC(C)(CO)Nc1nc(NCCOCCOCCN)nc(N2CCCCC2)n1. The molecule has 1 fully saturated rings. The average Bonchev–Trinajstić information content (AvgIpc) is 2.70. The van der Waals surface area contributed by atoms with Crippen LogP contribution in [0.4, 0.5) is 17.8 Å². The molecule has 1 aromatic rings. The van der Waals surface area contributed by atoms with Gasteiger partial charge in [-0.1, -0.05) is 0 Å². The summed E-state index contributed by atoms with van der Waals surface area (Å²) < 4.78 is 10.8. The van der Waals surface area contributed by atoms with E-state index < -0.39 is 5.54 Å². The Morgan fingerprint density at radius 2 is 1.68 bits per heavy atom. The molecule has 2 heterocycles. The fourth-order valence-corrected chi connectivity index (χ4v) is 2.72. The first kappa shape index (κ1) is 22.5. The zero-order valence-electron chi connectivity index (χ0n) is 17.1. The van der Waals surface area contributed by atoms with Crippen LogP contribution in [0.3, 0.4) is 0 Å². The van der Waals surface area contributed by atoms with E-state index >= 15 is 0 Å². The third-order valence-electron chi connectivity index (χ3n) is 4.27. The predicted molar refractivity (Wildman–Crippen MR) is 110 cm³/mol. The fourth-order valence-electron chi connectivity index (χ4n) is 2.72. The molecule has 0 aromatic carbocycles. The van der Waals surface area contributed by atoms with Gasteiger partial charge >= 0.3 is 0 Å². The molecule has 1 aromatic heterocycles. The second-order valence-corrected chi connectivity index (χ2v) is 7.44. The number of nitrogens with two attached hydrogens (primary N) is 1. The van der Waals surface area contributed by atoms with Crippen molar-refractivity contribution in [2.24, 2.45) is 5.73 Å². The van der Waals surface area contributed by atoms with E-state index in [1.807, 2.05) is 13.8 Å². The normalized spacial score (nSPS) is 14.9. The molecule has 0 radical (unpaired) electrons. The minimum Gasteiger partial charge on any atom is -0.394 e. The number of ether oxygens (including phenoxy) is 2. The molecular formula is C18H35N7O3. The summed E-state index contributed by atoms with van der Waals surface area (Å²) in [7, 11) is 0. The zero-order chi connectivity index (χ0) is 20.2. The number of rotatable bonds is 13. The van der Waals surface area contributed by atoms with Crippen molar-refractivity contribution in [3.8, 4) is 0 Å². The van der Waals surface area contributed by atoms with E-state index in [1.165, 1.54) is 6.42 Å². The van der Waals surface area contributed by atoms with Gasteiger partial charge < -0.3 is 35.8 Å². The van der Waals surface area contributed by atoms with Gasteiger partial charge in [0.25, 0.3) is 0 Å². The van der Waals surface area contributed by atoms with Crippen LogP contribution in [0.1, 0.15) is 33.1 Å². The molecule has 1 aliphatic rings. The Kier molecular flexibility index (Phi) is 9.62. The van der Waals surface area contributed by atoms with Crippen LogP contribution in [0, 0.1) is 0 Å². The van der Waals surface area contributed by atoms with E-state index in [-0.39, 0.29) is 6.61 Å². The second-order valence-electron chi connectivity index (χ2n) is 7.44. The molecule has 1 aliphatic heterocycles. The summed E-state index contributed by atoms with van der Waals surface area (Å²) >= 11 is 0. The number of nitrogens with one attached hydrogen (secondary N) is 2. The highest BCUT2D eigenvalue weighted by Crippen LogP contribution is 2.20. The van der Waals surface area contributed by atoms with Crippen molar-refractivity contribution in [2.75, 3.05) is 74.7 Å². The quantitative estimate of drug-likeness (QED) is 0.348. The largest absolute Gasteiger partial charge is 0.394 e. The summed E-state index contributed by atoms with van der Waals surface area (Å²) in [5.74, 6) is 1.60. The number of nitrogens with zero attached hydrogens (tertiary/aromatic N) is 4. The molecule has 0 bridgehead atoms. The number of piperidine rings is 1. The maximum absolute atomic E-state index is 9.53. The Morgan fingerprint density at radius 3 is 2.36 bits per heavy atom. The number of anilines is 3. The van der Waals surface area contributed by atoms with Crippen LogP contribution in [-0.4, -0.2) is 84.8 Å². The standard InChI is InChI=1S/C18H35N7O3/c1-18(2,14-26)24-16-21-15(20-7-11-28-13-12-27-10-6-19)22-17(23-16)25-8-4-3-5-9-25/h26H,3-14,19H2,1-2H3,(H2,20,21,22,23,24). The number of aliphatic hydroxyl groups excluding tert-OH is 1. The molecule has 2 rings (SSSR count). The van der Waals surface area contributed by atoms with E-state index in [0.29, 0.717) is 57.4 Å². The lowest BCUT2D eigenvalue weighted by atomic mass is 10.1. The first-order valence-electron chi connectivity index (χ1n) is 10.0. The topological polar surface area (TPSA) is 131 Å². The summed E-state index contributed by atoms with van der Waals surface area (Å²) in [5.41, 5.74) is 4.84. The van der Waals surface area contributed by atoms with Crippen LogP contribution in [0.25, 0.3) is 0 Å². The fraction of sp³-hybridized carbons (Fsp3) is 0.833. The van der Waals surface area contributed by atoms with Crippen molar-refractivity contribution < 1.29 is 14.6 Å². The van der Waals surface area contributed by atoms with Gasteiger partial charge in [-0.25, -0.2) is 0 Å². The molecule has 160 valence electrons. The minimum atomic E-state index is -0.523. The highest BCUT2D eigenvalue weighted by Gasteiger charge is 2.21. The molecule has 0 saturated carbocycles. The Morgan fingerprint density at radius 1 is 1.00 bits per heavy atom. The molecule has 0 amide bonds. The molecular weight excluding hydrogens is 362 g/mol. The van der Waals surface area contributed by atoms with Crippen LogP contribution < -0.4 is 21.3 Å². The summed E-state index contributed by atoms with van der Waals surface area (Å²) in [5, 5.41) is 15.9. The summed E-state index contributed by atoms with van der Waals surface area (Å²) in [6.07, 6.45) is 3.51. The molecule has 0 atom stereocenters.